The van der Waals surface area contributed by atoms with Gasteiger partial charge in [-0.1, -0.05) is 6.58 Å². The van der Waals surface area contributed by atoms with Crippen molar-refractivity contribution >= 4 is 0 Å². The molecule has 0 aromatic heterocycles. The molecule has 0 aliphatic carbocycles. The second-order valence-electron chi connectivity index (χ2n) is 3.13. The molecular formula is C8H13F3O2. The normalized spacial score (nSPS) is 19.3. The SMILES string of the molecule is C=C(C)[C@@](C)(O)C(C)OC(F)(F)F. The maximum atomic E-state index is 11.7. The quantitative estimate of drug-likeness (QED) is 0.704. The van der Waals surface area contributed by atoms with Crippen molar-refractivity contribution < 1.29 is 23.0 Å². The van der Waals surface area contributed by atoms with Crippen LogP contribution in [0.4, 0.5) is 13.2 Å². The molecule has 13 heavy (non-hydrogen) atoms. The van der Waals surface area contributed by atoms with E-state index < -0.39 is 18.1 Å². The summed E-state index contributed by atoms with van der Waals surface area (Å²) in [5.74, 6) is 0. The molecule has 5 heteroatoms. The highest BCUT2D eigenvalue weighted by Crippen LogP contribution is 2.27. The minimum Gasteiger partial charge on any atom is -0.383 e. The van der Waals surface area contributed by atoms with Crippen LogP contribution in [0.3, 0.4) is 0 Å². The van der Waals surface area contributed by atoms with Crippen LogP contribution in [-0.4, -0.2) is 23.2 Å². The lowest BCUT2D eigenvalue weighted by Crippen LogP contribution is -2.42. The van der Waals surface area contributed by atoms with E-state index in [0.717, 1.165) is 6.92 Å². The monoisotopic (exact) mass is 198 g/mol. The molecule has 0 saturated heterocycles. The molecule has 0 fully saturated rings. The van der Waals surface area contributed by atoms with E-state index in [1.807, 2.05) is 0 Å². The van der Waals surface area contributed by atoms with Crippen molar-refractivity contribution in [2.75, 3.05) is 0 Å². The maximum Gasteiger partial charge on any atom is 0.522 e. The fourth-order valence-corrected chi connectivity index (χ4v) is 0.662. The first-order valence-corrected chi connectivity index (χ1v) is 3.70. The molecule has 0 aliphatic rings. The van der Waals surface area contributed by atoms with Crippen LogP contribution in [0.5, 0.6) is 0 Å². The van der Waals surface area contributed by atoms with Crippen LogP contribution in [-0.2, 0) is 4.74 Å². The van der Waals surface area contributed by atoms with Gasteiger partial charge in [-0.05, 0) is 26.3 Å². The Morgan fingerprint density at radius 3 is 2.08 bits per heavy atom. The van der Waals surface area contributed by atoms with Gasteiger partial charge in [-0.3, -0.25) is 4.74 Å². The Hall–Kier alpha value is -0.550. The van der Waals surface area contributed by atoms with E-state index in [1.165, 1.54) is 13.8 Å². The zero-order valence-corrected chi connectivity index (χ0v) is 7.77. The molecule has 0 bridgehead atoms. The van der Waals surface area contributed by atoms with Gasteiger partial charge >= 0.3 is 6.36 Å². The standard InChI is InChI=1S/C8H13F3O2/c1-5(2)7(4,12)6(3)13-8(9,10)11/h6,12H,1H2,2-4H3/t6?,7-/m1/s1. The van der Waals surface area contributed by atoms with Crippen LogP contribution in [0.1, 0.15) is 20.8 Å². The number of hydrogen-bond donors (Lipinski definition) is 1. The Bertz CT molecular complexity index is 196. The molecule has 0 aromatic rings. The van der Waals surface area contributed by atoms with Gasteiger partial charge in [0.25, 0.3) is 0 Å². The lowest BCUT2D eigenvalue weighted by atomic mass is 9.93. The summed E-state index contributed by atoms with van der Waals surface area (Å²) in [6, 6.07) is 0. The van der Waals surface area contributed by atoms with Crippen LogP contribution in [0.2, 0.25) is 0 Å². The molecule has 1 unspecified atom stereocenters. The van der Waals surface area contributed by atoms with E-state index in [1.54, 1.807) is 0 Å². The van der Waals surface area contributed by atoms with Crippen molar-refractivity contribution in [2.45, 2.75) is 38.8 Å². The first-order valence-electron chi connectivity index (χ1n) is 3.70. The molecule has 0 saturated carbocycles. The van der Waals surface area contributed by atoms with Gasteiger partial charge in [0.1, 0.15) is 5.60 Å². The lowest BCUT2D eigenvalue weighted by molar-refractivity contribution is -0.353. The third-order valence-corrected chi connectivity index (χ3v) is 1.97. The van der Waals surface area contributed by atoms with Gasteiger partial charge in [0.2, 0.25) is 0 Å². The van der Waals surface area contributed by atoms with Crippen LogP contribution in [0.15, 0.2) is 12.2 Å². The zero-order valence-electron chi connectivity index (χ0n) is 7.77. The van der Waals surface area contributed by atoms with E-state index in [2.05, 4.69) is 11.3 Å². The summed E-state index contributed by atoms with van der Waals surface area (Å²) in [5, 5.41) is 9.50. The minimum atomic E-state index is -4.74. The summed E-state index contributed by atoms with van der Waals surface area (Å²) >= 11 is 0. The fourth-order valence-electron chi connectivity index (χ4n) is 0.662. The average Bonchev–Trinajstić information content (AvgIpc) is 1.82. The number of halogens is 3. The third-order valence-electron chi connectivity index (χ3n) is 1.97. The Labute approximate surface area is 75.0 Å². The highest BCUT2D eigenvalue weighted by atomic mass is 19.4. The van der Waals surface area contributed by atoms with Gasteiger partial charge in [0, 0.05) is 0 Å². The molecule has 0 amide bonds. The fraction of sp³-hybridized carbons (Fsp3) is 0.750. The van der Waals surface area contributed by atoms with Crippen molar-refractivity contribution in [1.29, 1.82) is 0 Å². The van der Waals surface area contributed by atoms with Gasteiger partial charge in [-0.2, -0.15) is 0 Å². The van der Waals surface area contributed by atoms with Crippen LogP contribution >= 0.6 is 0 Å². The van der Waals surface area contributed by atoms with E-state index in [4.69, 9.17) is 0 Å². The summed E-state index contributed by atoms with van der Waals surface area (Å²) in [6.07, 6.45) is -6.11. The molecule has 0 spiro atoms. The minimum absolute atomic E-state index is 0.226. The van der Waals surface area contributed by atoms with Crippen molar-refractivity contribution in [1.82, 2.24) is 0 Å². The summed E-state index contributed by atoms with van der Waals surface area (Å²) in [6.45, 7) is 7.19. The van der Waals surface area contributed by atoms with Gasteiger partial charge in [0.05, 0.1) is 6.10 Å². The molecule has 1 N–H and O–H groups in total. The lowest BCUT2D eigenvalue weighted by Gasteiger charge is -2.30. The zero-order chi connectivity index (χ0) is 10.9. The van der Waals surface area contributed by atoms with E-state index in [9.17, 15) is 18.3 Å². The van der Waals surface area contributed by atoms with Crippen LogP contribution in [0.25, 0.3) is 0 Å². The third kappa shape index (κ3) is 3.78. The smallest absolute Gasteiger partial charge is 0.383 e. The molecule has 2 atom stereocenters. The first-order chi connectivity index (χ1) is 5.57. The molecule has 78 valence electrons. The molecule has 0 heterocycles. The maximum absolute atomic E-state index is 11.7. The second kappa shape index (κ2) is 3.67. The summed E-state index contributed by atoms with van der Waals surface area (Å²) in [7, 11) is 0. The summed E-state index contributed by atoms with van der Waals surface area (Å²) in [5.41, 5.74) is -1.44. The van der Waals surface area contributed by atoms with Gasteiger partial charge in [-0.15, -0.1) is 13.2 Å². The Kier molecular flexibility index (Phi) is 3.52. The Morgan fingerprint density at radius 1 is 1.46 bits per heavy atom. The highest BCUT2D eigenvalue weighted by Gasteiger charge is 2.39. The Balaban J connectivity index is 4.43. The van der Waals surface area contributed by atoms with E-state index >= 15 is 0 Å². The number of ether oxygens (including phenoxy) is 1. The Morgan fingerprint density at radius 2 is 1.85 bits per heavy atom. The number of rotatable bonds is 3. The molecule has 0 radical (unpaired) electrons. The number of aliphatic hydroxyl groups is 1. The van der Waals surface area contributed by atoms with Crippen molar-refractivity contribution in [3.63, 3.8) is 0 Å². The average molecular weight is 198 g/mol. The summed E-state index contributed by atoms with van der Waals surface area (Å²) in [4.78, 5) is 0. The predicted molar refractivity (Wildman–Crippen MR) is 42.0 cm³/mol. The van der Waals surface area contributed by atoms with Crippen molar-refractivity contribution in [3.05, 3.63) is 12.2 Å². The highest BCUT2D eigenvalue weighted by molar-refractivity contribution is 5.09. The first kappa shape index (κ1) is 12.4. The van der Waals surface area contributed by atoms with Crippen molar-refractivity contribution in [3.8, 4) is 0 Å². The van der Waals surface area contributed by atoms with E-state index in [0.29, 0.717) is 0 Å². The van der Waals surface area contributed by atoms with Gasteiger partial charge < -0.3 is 5.11 Å². The van der Waals surface area contributed by atoms with Gasteiger partial charge in [0.15, 0.2) is 0 Å². The molecule has 0 rings (SSSR count). The van der Waals surface area contributed by atoms with Gasteiger partial charge in [-0.25, -0.2) is 0 Å². The largest absolute Gasteiger partial charge is 0.522 e. The number of alkyl halides is 3. The van der Waals surface area contributed by atoms with Crippen LogP contribution in [0, 0.1) is 0 Å². The second-order valence-corrected chi connectivity index (χ2v) is 3.13. The topological polar surface area (TPSA) is 29.5 Å². The molecule has 0 aliphatic heterocycles. The van der Waals surface area contributed by atoms with Crippen molar-refractivity contribution in [2.24, 2.45) is 0 Å². The molecular weight excluding hydrogens is 185 g/mol. The summed E-state index contributed by atoms with van der Waals surface area (Å²) < 4.78 is 38.9. The molecule has 0 aromatic carbocycles. The van der Waals surface area contributed by atoms with E-state index in [-0.39, 0.29) is 5.57 Å². The predicted octanol–water partition coefficient (Wildman–Crippen LogP) is 2.24. The van der Waals surface area contributed by atoms with Crippen LogP contribution < -0.4 is 0 Å². The molecule has 2 nitrogen and oxygen atoms in total. The number of hydrogen-bond acceptors (Lipinski definition) is 2.